The molecule has 2 aliphatic rings. The molecule has 0 bridgehead atoms. The van der Waals surface area contributed by atoms with Gasteiger partial charge in [-0.1, -0.05) is 25.7 Å². The number of nitrogens with one attached hydrogen (secondary N) is 1. The van der Waals surface area contributed by atoms with E-state index in [9.17, 15) is 9.59 Å². The molecule has 1 aromatic rings. The molecule has 126 valence electrons. The van der Waals surface area contributed by atoms with Gasteiger partial charge in [-0.15, -0.1) is 0 Å². The molecule has 1 unspecified atom stereocenters. The Morgan fingerprint density at radius 3 is 2.78 bits per heavy atom. The van der Waals surface area contributed by atoms with Crippen LogP contribution in [0, 0.1) is 5.92 Å². The lowest BCUT2D eigenvalue weighted by molar-refractivity contribution is -0.124. The molecule has 1 aliphatic heterocycles. The maximum absolute atomic E-state index is 12.4. The highest BCUT2D eigenvalue weighted by atomic mass is 16.3. The third-order valence-electron chi connectivity index (χ3n) is 5.11. The second-order valence-corrected chi connectivity index (χ2v) is 6.72. The topological polar surface area (TPSA) is 62.6 Å². The Bertz CT molecular complexity index is 520. The van der Waals surface area contributed by atoms with E-state index >= 15 is 0 Å². The van der Waals surface area contributed by atoms with Crippen LogP contribution in [0.3, 0.4) is 0 Å². The number of carbonyl (C=O) groups is 2. The second-order valence-electron chi connectivity index (χ2n) is 6.72. The second kappa shape index (κ2) is 7.66. The van der Waals surface area contributed by atoms with Gasteiger partial charge < -0.3 is 14.6 Å². The number of carbonyl (C=O) groups excluding carboxylic acids is 2. The van der Waals surface area contributed by atoms with Crippen molar-refractivity contribution in [2.75, 3.05) is 13.1 Å². The van der Waals surface area contributed by atoms with Crippen LogP contribution in [0.2, 0.25) is 0 Å². The first-order valence-electron chi connectivity index (χ1n) is 8.88. The molecule has 2 heterocycles. The average molecular weight is 318 g/mol. The number of hydrogen-bond acceptors (Lipinski definition) is 3. The summed E-state index contributed by atoms with van der Waals surface area (Å²) in [6.45, 7) is 1.34. The third-order valence-corrected chi connectivity index (χ3v) is 5.11. The van der Waals surface area contributed by atoms with Gasteiger partial charge in [0.2, 0.25) is 5.91 Å². The molecule has 5 nitrogen and oxygen atoms in total. The Hall–Kier alpha value is -1.78. The lowest BCUT2D eigenvalue weighted by Gasteiger charge is -2.23. The van der Waals surface area contributed by atoms with E-state index in [1.54, 1.807) is 17.0 Å². The monoisotopic (exact) mass is 318 g/mol. The Kier molecular flexibility index (Phi) is 5.36. The quantitative estimate of drug-likeness (QED) is 0.820. The molecule has 23 heavy (non-hydrogen) atoms. The zero-order valence-electron chi connectivity index (χ0n) is 13.6. The van der Waals surface area contributed by atoms with Crippen LogP contribution < -0.4 is 5.32 Å². The van der Waals surface area contributed by atoms with Crippen molar-refractivity contribution in [3.8, 4) is 0 Å². The molecule has 1 saturated heterocycles. The zero-order valence-corrected chi connectivity index (χ0v) is 13.6. The normalized spacial score (nSPS) is 21.7. The van der Waals surface area contributed by atoms with Gasteiger partial charge in [0, 0.05) is 13.1 Å². The van der Waals surface area contributed by atoms with Gasteiger partial charge in [-0.25, -0.2) is 0 Å². The number of amides is 2. The summed E-state index contributed by atoms with van der Waals surface area (Å²) in [4.78, 5) is 26.4. The van der Waals surface area contributed by atoms with Gasteiger partial charge in [0.05, 0.1) is 6.26 Å². The number of furan rings is 1. The predicted octanol–water partition coefficient (Wildman–Crippen LogP) is 2.97. The third kappa shape index (κ3) is 3.95. The predicted molar refractivity (Wildman–Crippen MR) is 87.0 cm³/mol. The van der Waals surface area contributed by atoms with Gasteiger partial charge in [-0.05, 0) is 43.7 Å². The summed E-state index contributed by atoms with van der Waals surface area (Å²) in [5, 5.41) is 3.02. The molecule has 3 rings (SSSR count). The van der Waals surface area contributed by atoms with E-state index in [0.29, 0.717) is 18.8 Å². The molecular formula is C18H26N2O3. The molecule has 1 aromatic heterocycles. The summed E-state index contributed by atoms with van der Waals surface area (Å²) < 4.78 is 5.17. The summed E-state index contributed by atoms with van der Waals surface area (Å²) in [6.07, 6.45) is 10.8. The largest absolute Gasteiger partial charge is 0.459 e. The van der Waals surface area contributed by atoms with Crippen molar-refractivity contribution in [2.45, 2.75) is 57.4 Å². The summed E-state index contributed by atoms with van der Waals surface area (Å²) in [6, 6.07) is 3.00. The van der Waals surface area contributed by atoms with Crippen LogP contribution in [-0.2, 0) is 4.79 Å². The lowest BCUT2D eigenvalue weighted by Crippen LogP contribution is -2.46. The van der Waals surface area contributed by atoms with E-state index in [1.165, 1.54) is 38.4 Å². The van der Waals surface area contributed by atoms with E-state index in [0.717, 1.165) is 25.2 Å². The Morgan fingerprint density at radius 2 is 2.04 bits per heavy atom. The Labute approximate surface area is 137 Å². The number of nitrogens with zero attached hydrogens (tertiary/aromatic N) is 1. The number of rotatable bonds is 6. The van der Waals surface area contributed by atoms with Crippen LogP contribution in [0.25, 0.3) is 0 Å². The zero-order chi connectivity index (χ0) is 16.1. The van der Waals surface area contributed by atoms with Gasteiger partial charge >= 0.3 is 0 Å². The number of hydrogen-bond donors (Lipinski definition) is 1. The van der Waals surface area contributed by atoms with Gasteiger partial charge in [0.25, 0.3) is 5.91 Å². The molecule has 0 spiro atoms. The van der Waals surface area contributed by atoms with E-state index in [4.69, 9.17) is 4.42 Å². The number of likely N-dealkylation sites (tertiary alicyclic amines) is 1. The van der Waals surface area contributed by atoms with Crippen LogP contribution in [0.1, 0.15) is 61.9 Å². The maximum Gasteiger partial charge on any atom is 0.290 e. The Morgan fingerprint density at radius 1 is 1.22 bits per heavy atom. The van der Waals surface area contributed by atoms with E-state index in [-0.39, 0.29) is 17.9 Å². The highest BCUT2D eigenvalue weighted by Crippen LogP contribution is 2.28. The van der Waals surface area contributed by atoms with Gasteiger partial charge in [-0.2, -0.15) is 0 Å². The molecule has 5 heteroatoms. The van der Waals surface area contributed by atoms with Crippen LogP contribution >= 0.6 is 0 Å². The molecule has 1 saturated carbocycles. The minimum absolute atomic E-state index is 0.0196. The molecule has 1 N–H and O–H groups in total. The summed E-state index contributed by atoms with van der Waals surface area (Å²) >= 11 is 0. The molecule has 0 radical (unpaired) electrons. The fourth-order valence-electron chi connectivity index (χ4n) is 3.84. The highest BCUT2D eigenvalue weighted by molar-refractivity contribution is 5.95. The van der Waals surface area contributed by atoms with Crippen molar-refractivity contribution in [1.29, 1.82) is 0 Å². The summed E-state index contributed by atoms with van der Waals surface area (Å²) in [5.74, 6) is 0.966. The van der Waals surface area contributed by atoms with E-state index in [2.05, 4.69) is 5.32 Å². The van der Waals surface area contributed by atoms with Crippen molar-refractivity contribution in [1.82, 2.24) is 10.2 Å². The van der Waals surface area contributed by atoms with E-state index in [1.807, 2.05) is 0 Å². The minimum Gasteiger partial charge on any atom is -0.459 e. The molecule has 2 fully saturated rings. The molecule has 0 aromatic carbocycles. The fourth-order valence-corrected chi connectivity index (χ4v) is 3.84. The molecule has 1 atom stereocenters. The Balaban J connectivity index is 1.45. The standard InChI is InChI=1S/C18H26N2O3/c21-17(19-11-3-8-14-6-1-2-7-14)15-9-4-12-20(15)18(22)16-10-5-13-23-16/h5,10,13-15H,1-4,6-9,11-12H2,(H,19,21). The maximum atomic E-state index is 12.4. The van der Waals surface area contributed by atoms with Crippen molar-refractivity contribution >= 4 is 11.8 Å². The fraction of sp³-hybridized carbons (Fsp3) is 0.667. The summed E-state index contributed by atoms with van der Waals surface area (Å²) in [5.41, 5.74) is 0. The van der Waals surface area contributed by atoms with Crippen LogP contribution in [0.15, 0.2) is 22.8 Å². The van der Waals surface area contributed by atoms with Crippen LogP contribution in [0.4, 0.5) is 0 Å². The highest BCUT2D eigenvalue weighted by Gasteiger charge is 2.35. The molecular weight excluding hydrogens is 292 g/mol. The van der Waals surface area contributed by atoms with Crippen LogP contribution in [0.5, 0.6) is 0 Å². The van der Waals surface area contributed by atoms with Crippen LogP contribution in [-0.4, -0.2) is 35.8 Å². The van der Waals surface area contributed by atoms with Crippen molar-refractivity contribution in [3.63, 3.8) is 0 Å². The molecule has 1 aliphatic carbocycles. The lowest BCUT2D eigenvalue weighted by atomic mass is 10.0. The molecule has 2 amide bonds. The summed E-state index contributed by atoms with van der Waals surface area (Å²) in [7, 11) is 0. The first-order chi connectivity index (χ1) is 11.3. The SMILES string of the molecule is O=C(NCCCC1CCCC1)C1CCCN1C(=O)c1ccco1. The first kappa shape index (κ1) is 16.1. The van der Waals surface area contributed by atoms with Gasteiger partial charge in [0.1, 0.15) is 6.04 Å². The van der Waals surface area contributed by atoms with E-state index < -0.39 is 0 Å². The van der Waals surface area contributed by atoms with Crippen molar-refractivity contribution in [3.05, 3.63) is 24.2 Å². The first-order valence-corrected chi connectivity index (χ1v) is 8.88. The van der Waals surface area contributed by atoms with Crippen molar-refractivity contribution < 1.29 is 14.0 Å². The minimum atomic E-state index is -0.348. The van der Waals surface area contributed by atoms with Gasteiger partial charge in [0.15, 0.2) is 5.76 Å². The smallest absolute Gasteiger partial charge is 0.290 e. The average Bonchev–Trinajstić information content (AvgIpc) is 3.33. The van der Waals surface area contributed by atoms with Crippen molar-refractivity contribution in [2.24, 2.45) is 5.92 Å². The van der Waals surface area contributed by atoms with Gasteiger partial charge in [-0.3, -0.25) is 9.59 Å².